The van der Waals surface area contributed by atoms with E-state index in [-0.39, 0.29) is 5.91 Å². The van der Waals surface area contributed by atoms with E-state index in [1.165, 1.54) is 0 Å². The SMILES string of the molecule is CSc1ccc(Cl)c(C(=O)NCCC(C)C)c1. The molecule has 17 heavy (non-hydrogen) atoms. The van der Waals surface area contributed by atoms with Crippen LogP contribution in [0.4, 0.5) is 0 Å². The van der Waals surface area contributed by atoms with E-state index in [9.17, 15) is 4.79 Å². The minimum absolute atomic E-state index is 0.0912. The minimum atomic E-state index is -0.0912. The molecule has 0 saturated carbocycles. The first-order chi connectivity index (χ1) is 8.04. The first-order valence-electron chi connectivity index (χ1n) is 5.66. The van der Waals surface area contributed by atoms with Crippen molar-refractivity contribution in [1.29, 1.82) is 0 Å². The second-order valence-electron chi connectivity index (χ2n) is 4.28. The van der Waals surface area contributed by atoms with Crippen molar-refractivity contribution in [3.63, 3.8) is 0 Å². The van der Waals surface area contributed by atoms with Crippen LogP contribution in [0.5, 0.6) is 0 Å². The molecule has 0 aliphatic rings. The van der Waals surface area contributed by atoms with Gasteiger partial charge in [0.1, 0.15) is 0 Å². The Morgan fingerprint density at radius 1 is 1.47 bits per heavy atom. The summed E-state index contributed by atoms with van der Waals surface area (Å²) in [4.78, 5) is 13.0. The number of amides is 1. The first-order valence-corrected chi connectivity index (χ1v) is 7.26. The number of hydrogen-bond donors (Lipinski definition) is 1. The maximum absolute atomic E-state index is 11.9. The smallest absolute Gasteiger partial charge is 0.252 e. The van der Waals surface area contributed by atoms with E-state index in [1.54, 1.807) is 17.8 Å². The maximum atomic E-state index is 11.9. The van der Waals surface area contributed by atoms with E-state index in [4.69, 9.17) is 11.6 Å². The number of hydrogen-bond acceptors (Lipinski definition) is 2. The van der Waals surface area contributed by atoms with Crippen molar-refractivity contribution >= 4 is 29.3 Å². The van der Waals surface area contributed by atoms with Gasteiger partial charge in [0.15, 0.2) is 0 Å². The Labute approximate surface area is 112 Å². The average Bonchev–Trinajstić information content (AvgIpc) is 2.29. The van der Waals surface area contributed by atoms with E-state index in [1.807, 2.05) is 18.4 Å². The molecule has 4 heteroatoms. The lowest BCUT2D eigenvalue weighted by molar-refractivity contribution is 0.0952. The van der Waals surface area contributed by atoms with E-state index in [2.05, 4.69) is 19.2 Å². The number of benzene rings is 1. The molecule has 0 saturated heterocycles. The van der Waals surface area contributed by atoms with Gasteiger partial charge in [0.05, 0.1) is 10.6 Å². The number of nitrogens with one attached hydrogen (secondary N) is 1. The fourth-order valence-electron chi connectivity index (χ4n) is 1.37. The minimum Gasteiger partial charge on any atom is -0.352 e. The highest BCUT2D eigenvalue weighted by Crippen LogP contribution is 2.22. The Kier molecular flexibility index (Phi) is 5.86. The molecule has 0 radical (unpaired) electrons. The third-order valence-electron chi connectivity index (χ3n) is 2.43. The van der Waals surface area contributed by atoms with E-state index < -0.39 is 0 Å². The molecule has 0 fully saturated rings. The molecule has 0 aromatic heterocycles. The highest BCUT2D eigenvalue weighted by Gasteiger charge is 2.10. The summed E-state index contributed by atoms with van der Waals surface area (Å²) in [5, 5.41) is 3.39. The zero-order valence-electron chi connectivity index (χ0n) is 10.4. The van der Waals surface area contributed by atoms with Gasteiger partial charge in [-0.25, -0.2) is 0 Å². The van der Waals surface area contributed by atoms with Gasteiger partial charge in [0, 0.05) is 11.4 Å². The van der Waals surface area contributed by atoms with Crippen LogP contribution in [0.3, 0.4) is 0 Å². The normalized spacial score (nSPS) is 10.6. The molecule has 1 amide bonds. The maximum Gasteiger partial charge on any atom is 0.252 e. The molecule has 1 aromatic rings. The second kappa shape index (κ2) is 6.92. The van der Waals surface area contributed by atoms with Crippen LogP contribution >= 0.6 is 23.4 Å². The number of rotatable bonds is 5. The average molecular weight is 272 g/mol. The van der Waals surface area contributed by atoms with Crippen molar-refractivity contribution in [2.24, 2.45) is 5.92 Å². The van der Waals surface area contributed by atoms with Gasteiger partial charge in [-0.05, 0) is 36.8 Å². The molecular weight excluding hydrogens is 254 g/mol. The molecule has 0 bridgehead atoms. The molecule has 0 aliphatic heterocycles. The van der Waals surface area contributed by atoms with Gasteiger partial charge in [0.2, 0.25) is 0 Å². The van der Waals surface area contributed by atoms with Crippen molar-refractivity contribution in [3.8, 4) is 0 Å². The summed E-state index contributed by atoms with van der Waals surface area (Å²) in [6, 6.07) is 5.51. The second-order valence-corrected chi connectivity index (χ2v) is 5.57. The summed E-state index contributed by atoms with van der Waals surface area (Å²) >= 11 is 7.62. The van der Waals surface area contributed by atoms with Crippen molar-refractivity contribution in [1.82, 2.24) is 5.32 Å². The van der Waals surface area contributed by atoms with Crippen LogP contribution in [0.2, 0.25) is 5.02 Å². The fourth-order valence-corrected chi connectivity index (χ4v) is 2.02. The molecule has 2 nitrogen and oxygen atoms in total. The van der Waals surface area contributed by atoms with Crippen molar-refractivity contribution in [2.75, 3.05) is 12.8 Å². The molecule has 0 aliphatic carbocycles. The quantitative estimate of drug-likeness (QED) is 0.825. The van der Waals surface area contributed by atoms with Crippen LogP contribution in [-0.4, -0.2) is 18.7 Å². The van der Waals surface area contributed by atoms with Gasteiger partial charge in [0.25, 0.3) is 5.91 Å². The molecule has 1 rings (SSSR count). The van der Waals surface area contributed by atoms with Crippen molar-refractivity contribution in [2.45, 2.75) is 25.2 Å². The molecule has 0 atom stereocenters. The van der Waals surface area contributed by atoms with E-state index in [0.29, 0.717) is 23.0 Å². The fraction of sp³-hybridized carbons (Fsp3) is 0.462. The van der Waals surface area contributed by atoms with Gasteiger partial charge in [-0.1, -0.05) is 25.4 Å². The Hall–Kier alpha value is -0.670. The van der Waals surface area contributed by atoms with Crippen LogP contribution in [-0.2, 0) is 0 Å². The summed E-state index contributed by atoms with van der Waals surface area (Å²) in [5.74, 6) is 0.495. The molecule has 0 spiro atoms. The predicted octanol–water partition coefficient (Wildman–Crippen LogP) is 3.84. The van der Waals surface area contributed by atoms with Crippen LogP contribution in [0.15, 0.2) is 23.1 Å². The number of halogens is 1. The summed E-state index contributed by atoms with van der Waals surface area (Å²) in [7, 11) is 0. The van der Waals surface area contributed by atoms with Gasteiger partial charge < -0.3 is 5.32 Å². The molecule has 1 aromatic carbocycles. The topological polar surface area (TPSA) is 29.1 Å². The number of thioether (sulfide) groups is 1. The summed E-state index contributed by atoms with van der Waals surface area (Å²) in [6.07, 6.45) is 2.95. The molecular formula is C13H18ClNOS. The van der Waals surface area contributed by atoms with Crippen LogP contribution < -0.4 is 5.32 Å². The molecule has 1 N–H and O–H groups in total. The van der Waals surface area contributed by atoms with E-state index in [0.717, 1.165) is 11.3 Å². The van der Waals surface area contributed by atoms with Crippen molar-refractivity contribution < 1.29 is 4.79 Å². The number of carbonyl (C=O) groups is 1. The lowest BCUT2D eigenvalue weighted by Crippen LogP contribution is -2.25. The highest BCUT2D eigenvalue weighted by atomic mass is 35.5. The number of carbonyl (C=O) groups excluding carboxylic acids is 1. The predicted molar refractivity (Wildman–Crippen MR) is 75.0 cm³/mol. The summed E-state index contributed by atoms with van der Waals surface area (Å²) in [6.45, 7) is 4.96. The zero-order chi connectivity index (χ0) is 12.8. The van der Waals surface area contributed by atoms with Crippen LogP contribution in [0.25, 0.3) is 0 Å². The Morgan fingerprint density at radius 3 is 2.76 bits per heavy atom. The van der Waals surface area contributed by atoms with E-state index >= 15 is 0 Å². The molecule has 0 heterocycles. The molecule has 0 unspecified atom stereocenters. The third kappa shape index (κ3) is 4.60. The lowest BCUT2D eigenvalue weighted by atomic mass is 10.1. The largest absolute Gasteiger partial charge is 0.352 e. The summed E-state index contributed by atoms with van der Waals surface area (Å²) in [5.41, 5.74) is 0.558. The highest BCUT2D eigenvalue weighted by molar-refractivity contribution is 7.98. The van der Waals surface area contributed by atoms with Crippen LogP contribution in [0, 0.1) is 5.92 Å². The van der Waals surface area contributed by atoms with Gasteiger partial charge >= 0.3 is 0 Å². The Balaban J connectivity index is 2.67. The first kappa shape index (κ1) is 14.4. The van der Waals surface area contributed by atoms with Gasteiger partial charge in [-0.15, -0.1) is 11.8 Å². The van der Waals surface area contributed by atoms with Crippen LogP contribution in [0.1, 0.15) is 30.6 Å². The molecule has 94 valence electrons. The monoisotopic (exact) mass is 271 g/mol. The Bertz CT molecular complexity index is 393. The summed E-state index contributed by atoms with van der Waals surface area (Å²) < 4.78 is 0. The van der Waals surface area contributed by atoms with Crippen molar-refractivity contribution in [3.05, 3.63) is 28.8 Å². The zero-order valence-corrected chi connectivity index (χ0v) is 12.0. The van der Waals surface area contributed by atoms with Gasteiger partial charge in [-0.3, -0.25) is 4.79 Å². The lowest BCUT2D eigenvalue weighted by Gasteiger charge is -2.09. The van der Waals surface area contributed by atoms with Gasteiger partial charge in [-0.2, -0.15) is 0 Å². The Morgan fingerprint density at radius 2 is 2.18 bits per heavy atom. The third-order valence-corrected chi connectivity index (χ3v) is 3.48. The standard InChI is InChI=1S/C13H18ClNOS/c1-9(2)6-7-15-13(16)11-8-10(17-3)4-5-12(11)14/h4-5,8-9H,6-7H2,1-3H3,(H,15,16).